The third-order valence-electron chi connectivity index (χ3n) is 1.20. The number of hydrogen-bond donors (Lipinski definition) is 1. The number of nitrogens with two attached hydrogens (primary N) is 1. The van der Waals surface area contributed by atoms with E-state index in [-0.39, 0.29) is 0 Å². The monoisotopic (exact) mass is 157 g/mol. The predicted molar refractivity (Wildman–Crippen MR) is 49.0 cm³/mol. The molecule has 0 bridgehead atoms. The van der Waals surface area contributed by atoms with Crippen LogP contribution in [0, 0.1) is 12.3 Å². The second kappa shape index (κ2) is 6.98. The van der Waals surface area contributed by atoms with Gasteiger partial charge in [-0.25, -0.2) is 0 Å². The van der Waals surface area contributed by atoms with E-state index in [0.29, 0.717) is 6.04 Å². The van der Waals surface area contributed by atoms with Crippen LogP contribution in [0.15, 0.2) is 0 Å². The molecule has 2 N–H and O–H groups in total. The van der Waals surface area contributed by atoms with Gasteiger partial charge in [-0.1, -0.05) is 6.92 Å². The summed E-state index contributed by atoms with van der Waals surface area (Å²) in [5, 5.41) is 0. The van der Waals surface area contributed by atoms with Crippen molar-refractivity contribution in [2.75, 3.05) is 11.5 Å². The Labute approximate surface area is 67.8 Å². The van der Waals surface area contributed by atoms with E-state index in [2.05, 4.69) is 12.8 Å². The fourth-order valence-corrected chi connectivity index (χ4v) is 1.33. The van der Waals surface area contributed by atoms with Crippen LogP contribution in [0.3, 0.4) is 0 Å². The molecule has 0 aliphatic heterocycles. The summed E-state index contributed by atoms with van der Waals surface area (Å²) >= 11 is 1.87. The van der Waals surface area contributed by atoms with Gasteiger partial charge in [-0.3, -0.25) is 0 Å². The first-order valence-electron chi connectivity index (χ1n) is 3.58. The van der Waals surface area contributed by atoms with E-state index in [1.54, 1.807) is 0 Å². The molecule has 0 saturated carbocycles. The van der Waals surface area contributed by atoms with E-state index >= 15 is 0 Å². The highest BCUT2D eigenvalue weighted by molar-refractivity contribution is 7.99. The summed E-state index contributed by atoms with van der Waals surface area (Å²) in [6.07, 6.45) is 6.87. The fourth-order valence-electron chi connectivity index (χ4n) is 0.621. The van der Waals surface area contributed by atoms with Crippen molar-refractivity contribution in [2.45, 2.75) is 25.8 Å². The molecule has 1 unspecified atom stereocenters. The predicted octanol–water partition coefficient (Wildman–Crippen LogP) is 1.48. The summed E-state index contributed by atoms with van der Waals surface area (Å²) in [6, 6.07) is 0.293. The Kier molecular flexibility index (Phi) is 6.89. The number of hydrogen-bond acceptors (Lipinski definition) is 2. The van der Waals surface area contributed by atoms with Crippen LogP contribution in [0.4, 0.5) is 0 Å². The van der Waals surface area contributed by atoms with Crippen molar-refractivity contribution in [3.63, 3.8) is 0 Å². The summed E-state index contributed by atoms with van der Waals surface area (Å²) in [5.74, 6) is 4.77. The van der Waals surface area contributed by atoms with Gasteiger partial charge in [0.25, 0.3) is 0 Å². The van der Waals surface area contributed by atoms with E-state index in [9.17, 15) is 0 Å². The summed E-state index contributed by atoms with van der Waals surface area (Å²) < 4.78 is 0. The lowest BCUT2D eigenvalue weighted by Crippen LogP contribution is -2.22. The Morgan fingerprint density at radius 3 is 2.90 bits per heavy atom. The van der Waals surface area contributed by atoms with Crippen molar-refractivity contribution in [3.8, 4) is 12.3 Å². The first kappa shape index (κ1) is 9.87. The van der Waals surface area contributed by atoms with E-state index in [1.165, 1.54) is 0 Å². The van der Waals surface area contributed by atoms with Gasteiger partial charge < -0.3 is 5.73 Å². The fraction of sp³-hybridized carbons (Fsp3) is 0.750. The standard InChI is InChI=1S/C8H15NS/c1-3-5-6-8(9)7-10-4-2/h1,8H,4-7,9H2,2H3. The Morgan fingerprint density at radius 1 is 1.70 bits per heavy atom. The van der Waals surface area contributed by atoms with Crippen molar-refractivity contribution < 1.29 is 0 Å². The first-order chi connectivity index (χ1) is 4.81. The zero-order valence-corrected chi connectivity index (χ0v) is 7.29. The highest BCUT2D eigenvalue weighted by atomic mass is 32.2. The van der Waals surface area contributed by atoms with Gasteiger partial charge in [-0.15, -0.1) is 12.3 Å². The summed E-state index contributed by atoms with van der Waals surface area (Å²) in [7, 11) is 0. The van der Waals surface area contributed by atoms with E-state index in [4.69, 9.17) is 12.2 Å². The molecule has 0 fully saturated rings. The number of rotatable bonds is 5. The molecule has 0 radical (unpaired) electrons. The molecule has 0 rings (SSSR count). The minimum atomic E-state index is 0.293. The van der Waals surface area contributed by atoms with Gasteiger partial charge in [-0.05, 0) is 12.2 Å². The van der Waals surface area contributed by atoms with Crippen LogP contribution in [0.5, 0.6) is 0 Å². The van der Waals surface area contributed by atoms with Crippen LogP contribution >= 0.6 is 11.8 Å². The molecule has 0 aliphatic rings. The molecular formula is C8H15NS. The molecule has 0 aromatic rings. The maximum atomic E-state index is 5.73. The lowest BCUT2D eigenvalue weighted by molar-refractivity contribution is 0.692. The molecule has 0 aromatic heterocycles. The average molecular weight is 157 g/mol. The highest BCUT2D eigenvalue weighted by Gasteiger charge is 1.98. The smallest absolute Gasteiger partial charge is 0.0139 e. The summed E-state index contributed by atoms with van der Waals surface area (Å²) in [6.45, 7) is 2.14. The van der Waals surface area contributed by atoms with Crippen LogP contribution in [0.2, 0.25) is 0 Å². The Balaban J connectivity index is 3.10. The maximum absolute atomic E-state index is 5.73. The zero-order valence-electron chi connectivity index (χ0n) is 6.47. The molecular weight excluding hydrogens is 142 g/mol. The molecule has 0 amide bonds. The minimum Gasteiger partial charge on any atom is -0.327 e. The van der Waals surface area contributed by atoms with Crippen molar-refractivity contribution in [1.82, 2.24) is 0 Å². The van der Waals surface area contributed by atoms with Crippen LogP contribution in [0.25, 0.3) is 0 Å². The maximum Gasteiger partial charge on any atom is 0.0139 e. The van der Waals surface area contributed by atoms with Crippen molar-refractivity contribution in [1.29, 1.82) is 0 Å². The minimum absolute atomic E-state index is 0.293. The normalized spacial score (nSPS) is 12.5. The summed E-state index contributed by atoms with van der Waals surface area (Å²) in [5.41, 5.74) is 5.73. The van der Waals surface area contributed by atoms with E-state index in [1.807, 2.05) is 11.8 Å². The largest absolute Gasteiger partial charge is 0.327 e. The molecule has 0 spiro atoms. The SMILES string of the molecule is C#CCCC(N)CSCC. The topological polar surface area (TPSA) is 26.0 Å². The lowest BCUT2D eigenvalue weighted by Gasteiger charge is -2.06. The lowest BCUT2D eigenvalue weighted by atomic mass is 10.2. The zero-order chi connectivity index (χ0) is 7.82. The van der Waals surface area contributed by atoms with E-state index in [0.717, 1.165) is 24.3 Å². The Hall–Kier alpha value is -0.130. The molecule has 2 heteroatoms. The van der Waals surface area contributed by atoms with Crippen molar-refractivity contribution in [2.24, 2.45) is 5.73 Å². The molecule has 58 valence electrons. The molecule has 1 nitrogen and oxygen atoms in total. The number of terminal acetylenes is 1. The van der Waals surface area contributed by atoms with Gasteiger partial charge in [0.1, 0.15) is 0 Å². The average Bonchev–Trinajstić information content (AvgIpc) is 1.97. The second-order valence-electron chi connectivity index (χ2n) is 2.16. The van der Waals surface area contributed by atoms with Crippen LogP contribution in [-0.4, -0.2) is 17.5 Å². The van der Waals surface area contributed by atoms with Gasteiger partial charge >= 0.3 is 0 Å². The molecule has 0 saturated heterocycles. The van der Waals surface area contributed by atoms with Crippen LogP contribution < -0.4 is 5.73 Å². The quantitative estimate of drug-likeness (QED) is 0.612. The number of thioether (sulfide) groups is 1. The van der Waals surface area contributed by atoms with Crippen molar-refractivity contribution in [3.05, 3.63) is 0 Å². The van der Waals surface area contributed by atoms with Gasteiger partial charge in [0.15, 0.2) is 0 Å². The molecule has 1 atom stereocenters. The third-order valence-corrected chi connectivity index (χ3v) is 2.27. The molecule has 0 aliphatic carbocycles. The van der Waals surface area contributed by atoms with Crippen molar-refractivity contribution >= 4 is 11.8 Å². The molecule has 0 aromatic carbocycles. The summed E-state index contributed by atoms with van der Waals surface area (Å²) in [4.78, 5) is 0. The molecule has 10 heavy (non-hydrogen) atoms. The van der Waals surface area contributed by atoms with Crippen LogP contribution in [0.1, 0.15) is 19.8 Å². The third kappa shape index (κ3) is 6.00. The Bertz CT molecular complexity index is 106. The first-order valence-corrected chi connectivity index (χ1v) is 4.73. The van der Waals surface area contributed by atoms with Gasteiger partial charge in [0.2, 0.25) is 0 Å². The highest BCUT2D eigenvalue weighted by Crippen LogP contribution is 2.03. The Morgan fingerprint density at radius 2 is 2.40 bits per heavy atom. The van der Waals surface area contributed by atoms with Gasteiger partial charge in [0.05, 0.1) is 0 Å². The van der Waals surface area contributed by atoms with Gasteiger partial charge in [0, 0.05) is 18.2 Å². The van der Waals surface area contributed by atoms with Gasteiger partial charge in [-0.2, -0.15) is 11.8 Å². The molecule has 0 heterocycles. The second-order valence-corrected chi connectivity index (χ2v) is 3.48. The van der Waals surface area contributed by atoms with Crippen LogP contribution in [-0.2, 0) is 0 Å². The van der Waals surface area contributed by atoms with E-state index < -0.39 is 0 Å².